The van der Waals surface area contributed by atoms with Crippen molar-refractivity contribution < 1.29 is 33.8 Å². The van der Waals surface area contributed by atoms with Crippen LogP contribution in [-0.4, -0.2) is 97.8 Å². The van der Waals surface area contributed by atoms with Crippen LogP contribution in [0.2, 0.25) is 0 Å². The summed E-state index contributed by atoms with van der Waals surface area (Å²) in [5.41, 5.74) is 1.63. The van der Waals surface area contributed by atoms with E-state index in [1.54, 1.807) is 38.3 Å². The van der Waals surface area contributed by atoms with Crippen molar-refractivity contribution >= 4 is 23.6 Å². The number of carbonyl (C=O) groups excluding carboxylic acids is 4. The molecule has 4 amide bonds. The molecule has 1 saturated heterocycles. The maximum Gasteiger partial charge on any atom is 0.251 e. The summed E-state index contributed by atoms with van der Waals surface area (Å²) >= 11 is 0. The first kappa shape index (κ1) is 35.5. The SMILES string of the molecule is CCCCC(NC(=O)[C@H](Cc1ccc(OC)cc1)NC(=O)[C@H](C)NC(=O)CN1CCOCC1)[C@H](O)C(=O)NCc1ccccc1. The van der Waals surface area contributed by atoms with Gasteiger partial charge in [-0.3, -0.25) is 24.1 Å². The van der Waals surface area contributed by atoms with Crippen LogP contribution in [0.5, 0.6) is 5.75 Å². The number of aliphatic hydroxyl groups is 1. The average Bonchev–Trinajstić information content (AvgIpc) is 3.05. The van der Waals surface area contributed by atoms with E-state index in [0.29, 0.717) is 44.9 Å². The maximum atomic E-state index is 13.7. The molecule has 0 saturated carbocycles. The van der Waals surface area contributed by atoms with Gasteiger partial charge in [-0.25, -0.2) is 0 Å². The zero-order valence-electron chi connectivity index (χ0n) is 26.4. The number of rotatable bonds is 17. The van der Waals surface area contributed by atoms with Crippen molar-refractivity contribution in [2.75, 3.05) is 40.0 Å². The summed E-state index contributed by atoms with van der Waals surface area (Å²) in [7, 11) is 1.55. The van der Waals surface area contributed by atoms with Gasteiger partial charge in [0.25, 0.3) is 5.91 Å². The smallest absolute Gasteiger partial charge is 0.251 e. The molecule has 12 heteroatoms. The summed E-state index contributed by atoms with van der Waals surface area (Å²) in [5.74, 6) is -1.36. The highest BCUT2D eigenvalue weighted by Gasteiger charge is 2.31. The number of amides is 4. The van der Waals surface area contributed by atoms with Gasteiger partial charge < -0.3 is 35.8 Å². The van der Waals surface area contributed by atoms with Crippen LogP contribution in [0.1, 0.15) is 44.2 Å². The number of unbranched alkanes of at least 4 members (excludes halogenated alkanes) is 1. The molecule has 1 fully saturated rings. The van der Waals surface area contributed by atoms with Crippen LogP contribution in [0.4, 0.5) is 0 Å². The van der Waals surface area contributed by atoms with Crippen molar-refractivity contribution in [1.82, 2.24) is 26.2 Å². The Balaban J connectivity index is 1.69. The molecule has 1 aliphatic rings. The van der Waals surface area contributed by atoms with Crippen molar-refractivity contribution in [2.24, 2.45) is 0 Å². The van der Waals surface area contributed by atoms with Gasteiger partial charge in [-0.05, 0) is 36.6 Å². The maximum absolute atomic E-state index is 13.7. The van der Waals surface area contributed by atoms with E-state index in [4.69, 9.17) is 9.47 Å². The summed E-state index contributed by atoms with van der Waals surface area (Å²) in [6.07, 6.45) is 0.445. The Labute approximate surface area is 265 Å². The molecule has 0 aromatic heterocycles. The fraction of sp³-hybridized carbons (Fsp3) is 0.515. The predicted molar refractivity (Wildman–Crippen MR) is 169 cm³/mol. The fourth-order valence-electron chi connectivity index (χ4n) is 4.91. The molecule has 2 aromatic rings. The van der Waals surface area contributed by atoms with Crippen LogP contribution >= 0.6 is 0 Å². The molecule has 0 aliphatic carbocycles. The highest BCUT2D eigenvalue weighted by molar-refractivity contribution is 5.92. The number of nitrogens with one attached hydrogen (secondary N) is 4. The molecule has 1 aliphatic heterocycles. The molecule has 0 bridgehead atoms. The third-order valence-electron chi connectivity index (χ3n) is 7.63. The molecule has 1 heterocycles. The third kappa shape index (κ3) is 12.1. The van der Waals surface area contributed by atoms with Crippen LogP contribution in [0, 0.1) is 0 Å². The topological polar surface area (TPSA) is 158 Å². The summed E-state index contributed by atoms with van der Waals surface area (Å²) in [4.78, 5) is 54.4. The van der Waals surface area contributed by atoms with Gasteiger partial charge in [-0.1, -0.05) is 62.2 Å². The largest absolute Gasteiger partial charge is 0.497 e. The molecule has 5 N–H and O–H groups in total. The number of hydrogen-bond acceptors (Lipinski definition) is 8. The fourth-order valence-corrected chi connectivity index (χ4v) is 4.91. The molecule has 0 radical (unpaired) electrons. The lowest BCUT2D eigenvalue weighted by molar-refractivity contribution is -0.134. The molecule has 246 valence electrons. The van der Waals surface area contributed by atoms with Crippen LogP contribution in [0.15, 0.2) is 54.6 Å². The van der Waals surface area contributed by atoms with E-state index < -0.39 is 42.0 Å². The molecule has 4 atom stereocenters. The Bertz CT molecular complexity index is 1220. The van der Waals surface area contributed by atoms with Gasteiger partial charge in [-0.2, -0.15) is 0 Å². The van der Waals surface area contributed by atoms with Gasteiger partial charge in [0.15, 0.2) is 6.10 Å². The van der Waals surface area contributed by atoms with E-state index in [0.717, 1.165) is 17.5 Å². The zero-order chi connectivity index (χ0) is 32.6. The van der Waals surface area contributed by atoms with E-state index in [9.17, 15) is 24.3 Å². The first-order chi connectivity index (χ1) is 21.7. The molecule has 12 nitrogen and oxygen atoms in total. The standard InChI is InChI=1S/C33H47N5O7/c1-4-5-11-27(30(40)33(43)34-21-25-9-7-6-8-10-25)36-32(42)28(20-24-12-14-26(44-3)15-13-24)37-31(41)23(2)35-29(39)22-38-16-18-45-19-17-38/h6-10,12-15,23,27-28,30,40H,4-5,11,16-22H2,1-3H3,(H,34,43)(H,35,39)(H,36,42)(H,37,41)/t23-,27?,28-,30-/m0/s1. The van der Waals surface area contributed by atoms with E-state index in [-0.39, 0.29) is 25.4 Å². The summed E-state index contributed by atoms with van der Waals surface area (Å²) in [6.45, 7) is 6.27. The van der Waals surface area contributed by atoms with Crippen molar-refractivity contribution in [3.05, 3.63) is 65.7 Å². The number of ether oxygens (including phenoxy) is 2. The molecular formula is C33H47N5O7. The molecule has 3 rings (SSSR count). The Morgan fingerprint density at radius 2 is 1.60 bits per heavy atom. The summed E-state index contributed by atoms with van der Waals surface area (Å²) in [5, 5.41) is 22.0. The van der Waals surface area contributed by atoms with Crippen molar-refractivity contribution in [3.8, 4) is 5.75 Å². The number of aliphatic hydroxyl groups excluding tert-OH is 1. The Hall–Kier alpha value is -4.00. The minimum Gasteiger partial charge on any atom is -0.497 e. The number of hydrogen-bond donors (Lipinski definition) is 5. The Morgan fingerprint density at radius 3 is 2.24 bits per heavy atom. The molecular weight excluding hydrogens is 578 g/mol. The van der Waals surface area contributed by atoms with Crippen LogP contribution < -0.4 is 26.0 Å². The van der Waals surface area contributed by atoms with E-state index in [1.807, 2.05) is 42.2 Å². The highest BCUT2D eigenvalue weighted by Crippen LogP contribution is 2.14. The highest BCUT2D eigenvalue weighted by atomic mass is 16.5. The molecule has 1 unspecified atom stereocenters. The van der Waals surface area contributed by atoms with Crippen molar-refractivity contribution in [1.29, 1.82) is 0 Å². The number of nitrogens with zero attached hydrogens (tertiary/aromatic N) is 1. The Morgan fingerprint density at radius 1 is 0.911 bits per heavy atom. The lowest BCUT2D eigenvalue weighted by Crippen LogP contribution is -2.58. The second kappa shape index (κ2) is 18.7. The first-order valence-corrected chi connectivity index (χ1v) is 15.5. The van der Waals surface area contributed by atoms with Crippen molar-refractivity contribution in [3.63, 3.8) is 0 Å². The molecule has 2 aromatic carbocycles. The Kier molecular flexibility index (Phi) is 14.8. The second-order valence-electron chi connectivity index (χ2n) is 11.2. The third-order valence-corrected chi connectivity index (χ3v) is 7.63. The lowest BCUT2D eigenvalue weighted by Gasteiger charge is -2.28. The minimum absolute atomic E-state index is 0.132. The van der Waals surface area contributed by atoms with Gasteiger partial charge in [-0.15, -0.1) is 0 Å². The minimum atomic E-state index is -1.50. The molecule has 45 heavy (non-hydrogen) atoms. The van der Waals surface area contributed by atoms with Gasteiger partial charge >= 0.3 is 0 Å². The number of morpholine rings is 1. The molecule has 0 spiro atoms. The normalized spacial score (nSPS) is 16.0. The van der Waals surface area contributed by atoms with Crippen molar-refractivity contribution in [2.45, 2.75) is 70.3 Å². The van der Waals surface area contributed by atoms with Gasteiger partial charge in [0.1, 0.15) is 17.8 Å². The predicted octanol–water partition coefficient (Wildman–Crippen LogP) is 0.912. The van der Waals surface area contributed by atoms with E-state index in [1.165, 1.54) is 0 Å². The number of carbonyl (C=O) groups is 4. The van der Waals surface area contributed by atoms with Crippen LogP contribution in [0.3, 0.4) is 0 Å². The number of benzene rings is 2. The van der Waals surface area contributed by atoms with Crippen LogP contribution in [-0.2, 0) is 36.9 Å². The summed E-state index contributed by atoms with van der Waals surface area (Å²) in [6, 6.07) is 13.6. The summed E-state index contributed by atoms with van der Waals surface area (Å²) < 4.78 is 10.5. The van der Waals surface area contributed by atoms with Crippen LogP contribution in [0.25, 0.3) is 0 Å². The zero-order valence-corrected chi connectivity index (χ0v) is 26.4. The average molecular weight is 626 g/mol. The van der Waals surface area contributed by atoms with Gasteiger partial charge in [0.05, 0.1) is 32.9 Å². The van der Waals surface area contributed by atoms with Gasteiger partial charge in [0, 0.05) is 26.1 Å². The monoisotopic (exact) mass is 625 g/mol. The van der Waals surface area contributed by atoms with Gasteiger partial charge in [0.2, 0.25) is 17.7 Å². The number of methoxy groups -OCH3 is 1. The first-order valence-electron chi connectivity index (χ1n) is 15.5. The quantitative estimate of drug-likeness (QED) is 0.174. The van der Waals surface area contributed by atoms with E-state index >= 15 is 0 Å². The second-order valence-corrected chi connectivity index (χ2v) is 11.2. The van der Waals surface area contributed by atoms with E-state index in [2.05, 4.69) is 21.3 Å². The lowest BCUT2D eigenvalue weighted by atomic mass is 10.0.